The maximum Gasteiger partial charge on any atom is 0.317 e. The van der Waals surface area contributed by atoms with E-state index in [0.717, 1.165) is 38.0 Å². The van der Waals surface area contributed by atoms with Crippen LogP contribution in [0.15, 0.2) is 24.3 Å². The van der Waals surface area contributed by atoms with Gasteiger partial charge in [-0.2, -0.15) is 0 Å². The first-order chi connectivity index (χ1) is 10.6. The lowest BCUT2D eigenvalue weighted by Gasteiger charge is -2.23. The smallest absolute Gasteiger partial charge is 0.317 e. The average Bonchev–Trinajstić information content (AvgIpc) is 3.32. The van der Waals surface area contributed by atoms with E-state index >= 15 is 0 Å². The first kappa shape index (κ1) is 16.7. The number of methoxy groups -OCH3 is 1. The Morgan fingerprint density at radius 3 is 2.82 bits per heavy atom. The lowest BCUT2D eigenvalue weighted by atomic mass is 10.1. The van der Waals surface area contributed by atoms with Crippen molar-refractivity contribution in [3.05, 3.63) is 29.8 Å². The monoisotopic (exact) mass is 304 g/mol. The first-order valence-corrected chi connectivity index (χ1v) is 8.27. The van der Waals surface area contributed by atoms with E-state index in [4.69, 9.17) is 4.74 Å². The van der Waals surface area contributed by atoms with Gasteiger partial charge in [-0.1, -0.05) is 26.0 Å². The van der Waals surface area contributed by atoms with Crippen LogP contribution < -0.4 is 10.1 Å². The Morgan fingerprint density at radius 1 is 1.41 bits per heavy atom. The molecule has 1 aromatic carbocycles. The number of amides is 2. The third-order valence-electron chi connectivity index (χ3n) is 4.02. The van der Waals surface area contributed by atoms with Gasteiger partial charge < -0.3 is 15.0 Å². The number of nitrogens with one attached hydrogen (secondary N) is 1. The molecule has 0 saturated heterocycles. The standard InChI is InChI=1S/C18H28N2O2/c1-14(2)10-12-20(16-7-8-16)18(21)19-11-9-15-5-4-6-17(13-15)22-3/h4-6,13-14,16H,7-12H2,1-3H3,(H,19,21). The van der Waals surface area contributed by atoms with E-state index in [1.54, 1.807) is 7.11 Å². The summed E-state index contributed by atoms with van der Waals surface area (Å²) in [4.78, 5) is 14.4. The third kappa shape index (κ3) is 5.24. The van der Waals surface area contributed by atoms with Gasteiger partial charge in [0.15, 0.2) is 0 Å². The third-order valence-corrected chi connectivity index (χ3v) is 4.02. The largest absolute Gasteiger partial charge is 0.497 e. The molecule has 1 saturated carbocycles. The summed E-state index contributed by atoms with van der Waals surface area (Å²) in [5, 5.41) is 3.06. The molecule has 2 amide bonds. The van der Waals surface area contributed by atoms with Gasteiger partial charge in [0.2, 0.25) is 0 Å². The molecule has 0 unspecified atom stereocenters. The molecule has 0 aliphatic heterocycles. The zero-order chi connectivity index (χ0) is 15.9. The van der Waals surface area contributed by atoms with Crippen LogP contribution >= 0.6 is 0 Å². The van der Waals surface area contributed by atoms with Crippen molar-refractivity contribution >= 4 is 6.03 Å². The lowest BCUT2D eigenvalue weighted by Crippen LogP contribution is -2.42. The van der Waals surface area contributed by atoms with Crippen molar-refractivity contribution in [2.24, 2.45) is 5.92 Å². The molecule has 0 bridgehead atoms. The van der Waals surface area contributed by atoms with Crippen LogP contribution in [0.4, 0.5) is 4.79 Å². The molecule has 1 aliphatic rings. The summed E-state index contributed by atoms with van der Waals surface area (Å²) in [5.74, 6) is 1.49. The highest BCUT2D eigenvalue weighted by atomic mass is 16.5. The van der Waals surface area contributed by atoms with Crippen LogP contribution in [0.5, 0.6) is 5.75 Å². The van der Waals surface area contributed by atoms with Gasteiger partial charge in [0.25, 0.3) is 0 Å². The van der Waals surface area contributed by atoms with Crippen LogP contribution in [0.25, 0.3) is 0 Å². The molecule has 0 atom stereocenters. The van der Waals surface area contributed by atoms with E-state index in [-0.39, 0.29) is 6.03 Å². The number of carbonyl (C=O) groups excluding carboxylic acids is 1. The van der Waals surface area contributed by atoms with Crippen LogP contribution in [0.2, 0.25) is 0 Å². The van der Waals surface area contributed by atoms with Crippen molar-refractivity contribution in [2.45, 2.75) is 45.6 Å². The van der Waals surface area contributed by atoms with Crippen molar-refractivity contribution in [1.29, 1.82) is 0 Å². The molecule has 4 nitrogen and oxygen atoms in total. The van der Waals surface area contributed by atoms with Crippen LogP contribution in [-0.4, -0.2) is 37.2 Å². The molecular formula is C18H28N2O2. The number of hydrogen-bond acceptors (Lipinski definition) is 2. The van der Waals surface area contributed by atoms with Crippen LogP contribution in [0, 0.1) is 5.92 Å². The van der Waals surface area contributed by atoms with Crippen LogP contribution in [0.3, 0.4) is 0 Å². The predicted molar refractivity (Wildman–Crippen MR) is 89.3 cm³/mol. The van der Waals surface area contributed by atoms with Crippen LogP contribution in [-0.2, 0) is 6.42 Å². The second-order valence-corrected chi connectivity index (χ2v) is 6.44. The van der Waals surface area contributed by atoms with Gasteiger partial charge >= 0.3 is 6.03 Å². The minimum absolute atomic E-state index is 0.0889. The number of hydrogen-bond donors (Lipinski definition) is 1. The van der Waals surface area contributed by atoms with E-state index in [0.29, 0.717) is 18.5 Å². The molecule has 0 aromatic heterocycles. The molecule has 0 radical (unpaired) electrons. The van der Waals surface area contributed by atoms with Crippen molar-refractivity contribution in [3.63, 3.8) is 0 Å². The number of benzene rings is 1. The average molecular weight is 304 g/mol. The summed E-state index contributed by atoms with van der Waals surface area (Å²) in [7, 11) is 1.67. The normalized spacial score (nSPS) is 14.0. The highest BCUT2D eigenvalue weighted by Gasteiger charge is 2.32. The second kappa shape index (κ2) is 8.06. The minimum Gasteiger partial charge on any atom is -0.497 e. The van der Waals surface area contributed by atoms with E-state index in [2.05, 4.69) is 25.2 Å². The van der Waals surface area contributed by atoms with E-state index in [1.807, 2.05) is 23.1 Å². The highest BCUT2D eigenvalue weighted by molar-refractivity contribution is 5.74. The van der Waals surface area contributed by atoms with Crippen LogP contribution in [0.1, 0.15) is 38.7 Å². The molecular weight excluding hydrogens is 276 g/mol. The molecule has 1 aromatic rings. The quantitative estimate of drug-likeness (QED) is 0.799. The number of carbonyl (C=O) groups is 1. The van der Waals surface area contributed by atoms with Crippen molar-refractivity contribution in [1.82, 2.24) is 10.2 Å². The molecule has 1 N–H and O–H groups in total. The molecule has 122 valence electrons. The maximum absolute atomic E-state index is 12.3. The molecule has 0 heterocycles. The summed E-state index contributed by atoms with van der Waals surface area (Å²) in [6.07, 6.45) is 4.20. The Labute approximate surface area is 133 Å². The number of urea groups is 1. The van der Waals surface area contributed by atoms with E-state index < -0.39 is 0 Å². The zero-order valence-corrected chi connectivity index (χ0v) is 14.0. The van der Waals surface area contributed by atoms with Gasteiger partial charge in [-0.15, -0.1) is 0 Å². The fraction of sp³-hybridized carbons (Fsp3) is 0.611. The number of nitrogens with zero attached hydrogens (tertiary/aromatic N) is 1. The SMILES string of the molecule is COc1cccc(CCNC(=O)N(CCC(C)C)C2CC2)c1. The summed E-state index contributed by atoms with van der Waals surface area (Å²) in [6.45, 7) is 5.93. The van der Waals surface area contributed by atoms with Gasteiger partial charge in [0.1, 0.15) is 5.75 Å². The fourth-order valence-electron chi connectivity index (χ4n) is 2.48. The number of ether oxygens (including phenoxy) is 1. The van der Waals surface area contributed by atoms with E-state index in [9.17, 15) is 4.79 Å². The Balaban J connectivity index is 1.77. The second-order valence-electron chi connectivity index (χ2n) is 6.44. The topological polar surface area (TPSA) is 41.6 Å². The predicted octanol–water partition coefficient (Wildman–Crippen LogP) is 3.46. The van der Waals surface area contributed by atoms with Crippen molar-refractivity contribution in [3.8, 4) is 5.75 Å². The zero-order valence-electron chi connectivity index (χ0n) is 14.0. The Bertz CT molecular complexity index is 484. The van der Waals surface area contributed by atoms with Gasteiger partial charge in [0, 0.05) is 19.1 Å². The highest BCUT2D eigenvalue weighted by Crippen LogP contribution is 2.27. The van der Waals surface area contributed by atoms with Gasteiger partial charge in [-0.25, -0.2) is 4.79 Å². The summed E-state index contributed by atoms with van der Waals surface area (Å²) < 4.78 is 5.22. The summed E-state index contributed by atoms with van der Waals surface area (Å²) in [5.41, 5.74) is 1.18. The Hall–Kier alpha value is -1.71. The van der Waals surface area contributed by atoms with Gasteiger partial charge in [-0.05, 0) is 49.3 Å². The minimum atomic E-state index is 0.0889. The molecule has 1 aliphatic carbocycles. The summed E-state index contributed by atoms with van der Waals surface area (Å²) >= 11 is 0. The molecule has 1 fully saturated rings. The maximum atomic E-state index is 12.3. The molecule has 0 spiro atoms. The Morgan fingerprint density at radius 2 is 2.18 bits per heavy atom. The lowest BCUT2D eigenvalue weighted by molar-refractivity contribution is 0.191. The molecule has 22 heavy (non-hydrogen) atoms. The van der Waals surface area contributed by atoms with Crippen molar-refractivity contribution < 1.29 is 9.53 Å². The van der Waals surface area contributed by atoms with Gasteiger partial charge in [0.05, 0.1) is 7.11 Å². The van der Waals surface area contributed by atoms with E-state index in [1.165, 1.54) is 5.56 Å². The Kier molecular flexibility index (Phi) is 6.10. The molecule has 2 rings (SSSR count). The van der Waals surface area contributed by atoms with Crippen molar-refractivity contribution in [2.75, 3.05) is 20.2 Å². The summed E-state index contributed by atoms with van der Waals surface area (Å²) in [6, 6.07) is 8.55. The molecule has 4 heteroatoms. The fourth-order valence-corrected chi connectivity index (χ4v) is 2.48. The van der Waals surface area contributed by atoms with Gasteiger partial charge in [-0.3, -0.25) is 0 Å². The number of rotatable bonds is 8. The first-order valence-electron chi connectivity index (χ1n) is 8.27.